The maximum atomic E-state index is 9.39. The summed E-state index contributed by atoms with van der Waals surface area (Å²) in [5.41, 5.74) is 1.25. The van der Waals surface area contributed by atoms with Gasteiger partial charge in [-0.3, -0.25) is 4.90 Å². The number of aliphatic hydroxyl groups is 1. The van der Waals surface area contributed by atoms with Crippen LogP contribution < -0.4 is 5.32 Å². The molecule has 0 aromatic carbocycles. The lowest BCUT2D eigenvalue weighted by atomic mass is 10.1. The molecule has 2 rings (SSSR count). The first-order valence-electron chi connectivity index (χ1n) is 4.99. The van der Waals surface area contributed by atoms with E-state index in [0.29, 0.717) is 0 Å². The normalized spacial score (nSPS) is 20.9. The van der Waals surface area contributed by atoms with E-state index in [9.17, 15) is 5.11 Å². The second kappa shape index (κ2) is 4.89. The van der Waals surface area contributed by atoms with E-state index in [0.717, 1.165) is 26.2 Å². The van der Waals surface area contributed by atoms with Crippen LogP contribution in [-0.2, 0) is 0 Å². The molecule has 1 aliphatic rings. The molecule has 2 heterocycles. The molecular weight excluding hydrogens is 196 g/mol. The van der Waals surface area contributed by atoms with Crippen molar-refractivity contribution in [1.29, 1.82) is 0 Å². The summed E-state index contributed by atoms with van der Waals surface area (Å²) in [6.07, 6.45) is 0. The fourth-order valence-electron chi connectivity index (χ4n) is 1.89. The maximum absolute atomic E-state index is 9.39. The third-order valence-corrected chi connectivity index (χ3v) is 3.39. The minimum absolute atomic E-state index is 0.198. The summed E-state index contributed by atoms with van der Waals surface area (Å²) < 4.78 is 0. The van der Waals surface area contributed by atoms with Gasteiger partial charge in [0.05, 0.1) is 12.6 Å². The Morgan fingerprint density at radius 3 is 2.86 bits per heavy atom. The molecule has 1 aromatic heterocycles. The average Bonchev–Trinajstić information content (AvgIpc) is 2.74. The van der Waals surface area contributed by atoms with E-state index in [1.54, 1.807) is 11.3 Å². The Kier molecular flexibility index (Phi) is 3.53. The van der Waals surface area contributed by atoms with Gasteiger partial charge in [0.2, 0.25) is 0 Å². The molecule has 1 saturated heterocycles. The fourth-order valence-corrected chi connectivity index (χ4v) is 2.60. The summed E-state index contributed by atoms with van der Waals surface area (Å²) in [7, 11) is 0. The number of hydrogen-bond acceptors (Lipinski definition) is 4. The van der Waals surface area contributed by atoms with Crippen LogP contribution in [0.4, 0.5) is 0 Å². The van der Waals surface area contributed by atoms with Crippen LogP contribution >= 0.6 is 11.3 Å². The molecule has 1 fully saturated rings. The van der Waals surface area contributed by atoms with E-state index < -0.39 is 0 Å². The lowest BCUT2D eigenvalue weighted by Crippen LogP contribution is -2.45. The molecule has 1 aromatic rings. The van der Waals surface area contributed by atoms with Crippen molar-refractivity contribution in [1.82, 2.24) is 10.2 Å². The van der Waals surface area contributed by atoms with Gasteiger partial charge in [-0.25, -0.2) is 0 Å². The molecule has 1 aliphatic heterocycles. The van der Waals surface area contributed by atoms with Crippen LogP contribution in [0.2, 0.25) is 0 Å². The van der Waals surface area contributed by atoms with Crippen LogP contribution in [0.3, 0.4) is 0 Å². The zero-order valence-electron chi connectivity index (χ0n) is 8.15. The minimum Gasteiger partial charge on any atom is -0.394 e. The summed E-state index contributed by atoms with van der Waals surface area (Å²) in [6.45, 7) is 4.33. The molecule has 0 aliphatic carbocycles. The first kappa shape index (κ1) is 10.1. The van der Waals surface area contributed by atoms with E-state index in [-0.39, 0.29) is 12.6 Å². The van der Waals surface area contributed by atoms with Crippen LogP contribution in [0.1, 0.15) is 11.6 Å². The Morgan fingerprint density at radius 2 is 2.29 bits per heavy atom. The van der Waals surface area contributed by atoms with E-state index in [4.69, 9.17) is 0 Å². The average molecular weight is 212 g/mol. The fraction of sp³-hybridized carbons (Fsp3) is 0.600. The van der Waals surface area contributed by atoms with E-state index in [2.05, 4.69) is 27.0 Å². The molecular formula is C10H16N2OS. The molecule has 1 atom stereocenters. The number of nitrogens with zero attached hydrogens (tertiary/aromatic N) is 1. The Balaban J connectivity index is 2.04. The quantitative estimate of drug-likeness (QED) is 0.773. The van der Waals surface area contributed by atoms with E-state index in [1.807, 2.05) is 0 Å². The number of thiophene rings is 1. The highest BCUT2D eigenvalue weighted by atomic mass is 32.1. The molecule has 2 N–H and O–H groups in total. The highest BCUT2D eigenvalue weighted by Gasteiger charge is 2.21. The van der Waals surface area contributed by atoms with Gasteiger partial charge in [-0.05, 0) is 22.4 Å². The SMILES string of the molecule is OCC(c1ccsc1)N1CCNCC1. The van der Waals surface area contributed by atoms with Crippen LogP contribution in [0, 0.1) is 0 Å². The molecule has 0 bridgehead atoms. The van der Waals surface area contributed by atoms with Crippen molar-refractivity contribution in [2.45, 2.75) is 6.04 Å². The van der Waals surface area contributed by atoms with Crippen molar-refractivity contribution in [3.63, 3.8) is 0 Å². The second-order valence-corrected chi connectivity index (χ2v) is 4.32. The van der Waals surface area contributed by atoms with Crippen LogP contribution in [-0.4, -0.2) is 42.8 Å². The van der Waals surface area contributed by atoms with Crippen molar-refractivity contribution >= 4 is 11.3 Å². The maximum Gasteiger partial charge on any atom is 0.0628 e. The minimum atomic E-state index is 0.198. The third-order valence-electron chi connectivity index (χ3n) is 2.69. The van der Waals surface area contributed by atoms with Gasteiger partial charge in [-0.15, -0.1) is 0 Å². The Morgan fingerprint density at radius 1 is 1.50 bits per heavy atom. The van der Waals surface area contributed by atoms with Crippen LogP contribution in [0.15, 0.2) is 16.8 Å². The second-order valence-electron chi connectivity index (χ2n) is 3.54. The number of rotatable bonds is 3. The number of nitrogens with one attached hydrogen (secondary N) is 1. The summed E-state index contributed by atoms with van der Waals surface area (Å²) in [4.78, 5) is 2.35. The molecule has 0 saturated carbocycles. The third kappa shape index (κ3) is 2.15. The number of hydrogen-bond donors (Lipinski definition) is 2. The van der Waals surface area contributed by atoms with Gasteiger partial charge in [-0.1, -0.05) is 0 Å². The van der Waals surface area contributed by atoms with E-state index >= 15 is 0 Å². The Hall–Kier alpha value is -0.420. The first-order valence-corrected chi connectivity index (χ1v) is 5.94. The van der Waals surface area contributed by atoms with Crippen LogP contribution in [0.5, 0.6) is 0 Å². The van der Waals surface area contributed by atoms with Gasteiger partial charge >= 0.3 is 0 Å². The molecule has 78 valence electrons. The van der Waals surface area contributed by atoms with Crippen molar-refractivity contribution in [3.05, 3.63) is 22.4 Å². The molecule has 1 unspecified atom stereocenters. The van der Waals surface area contributed by atoms with Crippen LogP contribution in [0.25, 0.3) is 0 Å². The van der Waals surface area contributed by atoms with Gasteiger partial charge in [0, 0.05) is 26.2 Å². The van der Waals surface area contributed by atoms with Crippen molar-refractivity contribution in [3.8, 4) is 0 Å². The standard InChI is InChI=1S/C10H16N2OS/c13-7-10(9-1-6-14-8-9)12-4-2-11-3-5-12/h1,6,8,10-11,13H,2-5,7H2. The van der Waals surface area contributed by atoms with Crippen molar-refractivity contribution in [2.75, 3.05) is 32.8 Å². The smallest absolute Gasteiger partial charge is 0.0628 e. The monoisotopic (exact) mass is 212 g/mol. The molecule has 3 nitrogen and oxygen atoms in total. The van der Waals surface area contributed by atoms with Gasteiger partial charge in [0.25, 0.3) is 0 Å². The summed E-state index contributed by atoms with van der Waals surface area (Å²) in [5.74, 6) is 0. The molecule has 0 spiro atoms. The lowest BCUT2D eigenvalue weighted by Gasteiger charge is -2.33. The molecule has 4 heteroatoms. The summed E-state index contributed by atoms with van der Waals surface area (Å²) in [5, 5.41) is 16.9. The summed E-state index contributed by atoms with van der Waals surface area (Å²) >= 11 is 1.69. The predicted octanol–water partition coefficient (Wildman–Crippen LogP) is 0.687. The lowest BCUT2D eigenvalue weighted by molar-refractivity contribution is 0.111. The highest BCUT2D eigenvalue weighted by Crippen LogP contribution is 2.22. The van der Waals surface area contributed by atoms with Gasteiger partial charge in [-0.2, -0.15) is 11.3 Å². The zero-order valence-corrected chi connectivity index (χ0v) is 8.96. The van der Waals surface area contributed by atoms with E-state index in [1.165, 1.54) is 5.56 Å². The number of aliphatic hydroxyl groups excluding tert-OH is 1. The first-order chi connectivity index (χ1) is 6.92. The Labute approximate surface area is 88.4 Å². The zero-order chi connectivity index (χ0) is 9.80. The van der Waals surface area contributed by atoms with Crippen molar-refractivity contribution in [2.24, 2.45) is 0 Å². The molecule has 14 heavy (non-hydrogen) atoms. The van der Waals surface area contributed by atoms with Gasteiger partial charge in [0.1, 0.15) is 0 Å². The molecule has 0 radical (unpaired) electrons. The van der Waals surface area contributed by atoms with Gasteiger partial charge in [0.15, 0.2) is 0 Å². The molecule has 0 amide bonds. The largest absolute Gasteiger partial charge is 0.394 e. The van der Waals surface area contributed by atoms with Crippen molar-refractivity contribution < 1.29 is 5.11 Å². The predicted molar refractivity (Wildman–Crippen MR) is 58.6 cm³/mol. The van der Waals surface area contributed by atoms with Gasteiger partial charge < -0.3 is 10.4 Å². The summed E-state index contributed by atoms with van der Waals surface area (Å²) in [6, 6.07) is 2.30. The number of piperazine rings is 1. The topological polar surface area (TPSA) is 35.5 Å². The highest BCUT2D eigenvalue weighted by molar-refractivity contribution is 7.07. The Bertz CT molecular complexity index is 257.